The number of nitrogens with one attached hydrogen (secondary N) is 1. The molecule has 2 aromatic carbocycles. The molecule has 0 aliphatic rings. The Morgan fingerprint density at radius 3 is 2.56 bits per heavy atom. The van der Waals surface area contributed by atoms with Crippen molar-refractivity contribution in [2.75, 3.05) is 12.4 Å². The highest BCUT2D eigenvalue weighted by molar-refractivity contribution is 6.02. The smallest absolute Gasteiger partial charge is 0.248 e. The molecule has 3 rings (SSSR count). The Labute approximate surface area is 157 Å². The monoisotopic (exact) mass is 365 g/mol. The molecule has 0 aliphatic carbocycles. The maximum Gasteiger partial charge on any atom is 0.248 e. The fourth-order valence-corrected chi connectivity index (χ4v) is 2.74. The predicted molar refractivity (Wildman–Crippen MR) is 103 cm³/mol. The first-order chi connectivity index (χ1) is 13.1. The summed E-state index contributed by atoms with van der Waals surface area (Å²) in [5.41, 5.74) is 4.14. The van der Waals surface area contributed by atoms with Gasteiger partial charge in [0.1, 0.15) is 5.82 Å². The molecule has 6 heteroatoms. The lowest BCUT2D eigenvalue weighted by atomic mass is 10.1. The number of aryl methyl sites for hydroxylation is 1. The highest BCUT2D eigenvalue weighted by Gasteiger charge is 2.09. The third kappa shape index (κ3) is 4.68. The lowest BCUT2D eigenvalue weighted by molar-refractivity contribution is -0.111. The number of benzene rings is 2. The van der Waals surface area contributed by atoms with Gasteiger partial charge in [0.2, 0.25) is 5.91 Å². The number of hydrogen-bond donors (Lipinski definition) is 1. The van der Waals surface area contributed by atoms with Crippen molar-refractivity contribution in [1.29, 1.82) is 0 Å². The number of anilines is 1. The van der Waals surface area contributed by atoms with E-state index >= 15 is 0 Å². The molecule has 0 radical (unpaired) electrons. The first-order valence-corrected chi connectivity index (χ1v) is 8.41. The van der Waals surface area contributed by atoms with Gasteiger partial charge < -0.3 is 10.1 Å². The maximum absolute atomic E-state index is 13.2. The Kier molecular flexibility index (Phi) is 5.78. The van der Waals surface area contributed by atoms with Crippen LogP contribution in [-0.4, -0.2) is 22.8 Å². The van der Waals surface area contributed by atoms with Crippen LogP contribution in [0.15, 0.2) is 60.8 Å². The molecule has 0 atom stereocenters. The number of methoxy groups -OCH3 is 1. The van der Waals surface area contributed by atoms with Crippen LogP contribution in [0.1, 0.15) is 11.1 Å². The minimum Gasteiger partial charge on any atom is -0.380 e. The number of ether oxygens (including phenoxy) is 1. The van der Waals surface area contributed by atoms with Crippen molar-refractivity contribution >= 4 is 17.7 Å². The number of halogens is 1. The third-order valence-electron chi connectivity index (χ3n) is 4.03. The van der Waals surface area contributed by atoms with Gasteiger partial charge >= 0.3 is 0 Å². The minimum atomic E-state index is -0.297. The molecule has 0 saturated heterocycles. The van der Waals surface area contributed by atoms with Gasteiger partial charge in [-0.3, -0.25) is 9.48 Å². The molecular weight excluding hydrogens is 345 g/mol. The van der Waals surface area contributed by atoms with E-state index in [2.05, 4.69) is 10.4 Å². The quantitative estimate of drug-likeness (QED) is 0.671. The average Bonchev–Trinajstić information content (AvgIpc) is 3.03. The molecule has 5 nitrogen and oxygen atoms in total. The molecule has 1 N–H and O–H groups in total. The van der Waals surface area contributed by atoms with Gasteiger partial charge in [-0.1, -0.05) is 12.1 Å². The van der Waals surface area contributed by atoms with E-state index in [0.29, 0.717) is 12.3 Å². The summed E-state index contributed by atoms with van der Waals surface area (Å²) in [6, 6.07) is 13.6. The Bertz CT molecular complexity index is 945. The summed E-state index contributed by atoms with van der Waals surface area (Å²) in [6.45, 7) is 0.529. The Balaban J connectivity index is 1.72. The van der Waals surface area contributed by atoms with Gasteiger partial charge in [0, 0.05) is 37.0 Å². The maximum atomic E-state index is 13.2. The van der Waals surface area contributed by atoms with Crippen LogP contribution < -0.4 is 5.32 Å². The second-order valence-corrected chi connectivity index (χ2v) is 6.03. The first-order valence-electron chi connectivity index (χ1n) is 8.41. The molecule has 1 heterocycles. The van der Waals surface area contributed by atoms with E-state index in [1.54, 1.807) is 43.2 Å². The van der Waals surface area contributed by atoms with Crippen LogP contribution in [0.4, 0.5) is 10.1 Å². The van der Waals surface area contributed by atoms with Crippen molar-refractivity contribution in [3.8, 4) is 11.3 Å². The summed E-state index contributed by atoms with van der Waals surface area (Å²) in [6.07, 6.45) is 4.81. The third-order valence-corrected chi connectivity index (χ3v) is 4.03. The summed E-state index contributed by atoms with van der Waals surface area (Å²) in [5, 5.41) is 7.04. The zero-order valence-corrected chi connectivity index (χ0v) is 15.1. The molecule has 0 unspecified atom stereocenters. The highest BCUT2D eigenvalue weighted by Crippen LogP contribution is 2.24. The molecule has 0 saturated carbocycles. The van der Waals surface area contributed by atoms with Crippen LogP contribution in [0.2, 0.25) is 0 Å². The SMILES string of the molecule is COCc1ccc(NC(=O)C=Cc2cnn(C)c2-c2ccc(F)cc2)cc1. The van der Waals surface area contributed by atoms with Gasteiger partial charge in [0.25, 0.3) is 0 Å². The van der Waals surface area contributed by atoms with Gasteiger partial charge in [-0.05, 0) is 48.0 Å². The molecule has 0 bridgehead atoms. The van der Waals surface area contributed by atoms with Crippen molar-refractivity contribution in [3.63, 3.8) is 0 Å². The van der Waals surface area contributed by atoms with E-state index in [9.17, 15) is 9.18 Å². The molecule has 138 valence electrons. The number of carbonyl (C=O) groups excluding carboxylic acids is 1. The van der Waals surface area contributed by atoms with Crippen molar-refractivity contribution in [2.45, 2.75) is 6.61 Å². The fourth-order valence-electron chi connectivity index (χ4n) is 2.74. The van der Waals surface area contributed by atoms with Crippen molar-refractivity contribution in [2.24, 2.45) is 7.05 Å². The minimum absolute atomic E-state index is 0.247. The molecule has 1 amide bonds. The van der Waals surface area contributed by atoms with E-state index in [1.807, 2.05) is 24.3 Å². The standard InChI is InChI=1S/C21H20FN3O2/c1-25-21(16-5-8-18(22)9-6-16)17(13-23-25)7-12-20(26)24-19-10-3-15(4-11-19)14-27-2/h3-13H,14H2,1-2H3,(H,24,26). The number of rotatable bonds is 6. The molecule has 0 spiro atoms. The molecule has 0 fully saturated rings. The van der Waals surface area contributed by atoms with Crippen LogP contribution in [0, 0.1) is 5.82 Å². The molecule has 27 heavy (non-hydrogen) atoms. The fraction of sp³-hybridized carbons (Fsp3) is 0.143. The summed E-state index contributed by atoms with van der Waals surface area (Å²) < 4.78 is 19.9. The number of nitrogens with zero attached hydrogens (tertiary/aromatic N) is 2. The molecular formula is C21H20FN3O2. The van der Waals surface area contributed by atoms with Gasteiger partial charge in [0.05, 0.1) is 18.5 Å². The van der Waals surface area contributed by atoms with Crippen LogP contribution in [0.3, 0.4) is 0 Å². The molecule has 3 aromatic rings. The number of hydrogen-bond acceptors (Lipinski definition) is 3. The summed E-state index contributed by atoms with van der Waals surface area (Å²) in [7, 11) is 3.44. The number of carbonyl (C=O) groups is 1. The van der Waals surface area contributed by atoms with E-state index in [4.69, 9.17) is 4.74 Å². The Morgan fingerprint density at radius 2 is 1.89 bits per heavy atom. The lowest BCUT2D eigenvalue weighted by Crippen LogP contribution is -2.07. The normalized spacial score (nSPS) is 11.1. The Morgan fingerprint density at radius 1 is 1.19 bits per heavy atom. The van der Waals surface area contributed by atoms with E-state index in [0.717, 1.165) is 22.4 Å². The van der Waals surface area contributed by atoms with Gasteiger partial charge in [-0.15, -0.1) is 0 Å². The summed E-state index contributed by atoms with van der Waals surface area (Å²) >= 11 is 0. The average molecular weight is 365 g/mol. The first kappa shape index (κ1) is 18.5. The van der Waals surface area contributed by atoms with Crippen LogP contribution in [0.25, 0.3) is 17.3 Å². The van der Waals surface area contributed by atoms with Gasteiger partial charge in [-0.25, -0.2) is 4.39 Å². The van der Waals surface area contributed by atoms with Crippen molar-refractivity contribution in [1.82, 2.24) is 9.78 Å². The van der Waals surface area contributed by atoms with Crippen molar-refractivity contribution in [3.05, 3.63) is 77.7 Å². The topological polar surface area (TPSA) is 56.1 Å². The summed E-state index contributed by atoms with van der Waals surface area (Å²) in [4.78, 5) is 12.2. The predicted octanol–water partition coefficient (Wildman–Crippen LogP) is 4.02. The van der Waals surface area contributed by atoms with Gasteiger partial charge in [0.15, 0.2) is 0 Å². The molecule has 1 aromatic heterocycles. The molecule has 0 aliphatic heterocycles. The van der Waals surface area contributed by atoms with Crippen LogP contribution in [0.5, 0.6) is 0 Å². The Hall–Kier alpha value is -3.25. The number of amides is 1. The second kappa shape index (κ2) is 8.42. The largest absolute Gasteiger partial charge is 0.380 e. The zero-order chi connectivity index (χ0) is 19.2. The highest BCUT2D eigenvalue weighted by atomic mass is 19.1. The van der Waals surface area contributed by atoms with E-state index in [-0.39, 0.29) is 11.7 Å². The zero-order valence-electron chi connectivity index (χ0n) is 15.1. The van der Waals surface area contributed by atoms with Crippen LogP contribution >= 0.6 is 0 Å². The van der Waals surface area contributed by atoms with Crippen LogP contribution in [-0.2, 0) is 23.2 Å². The van der Waals surface area contributed by atoms with E-state index < -0.39 is 0 Å². The lowest BCUT2D eigenvalue weighted by Gasteiger charge is -2.05. The summed E-state index contributed by atoms with van der Waals surface area (Å²) in [5.74, 6) is -0.544. The van der Waals surface area contributed by atoms with E-state index in [1.165, 1.54) is 18.2 Å². The van der Waals surface area contributed by atoms with Crippen molar-refractivity contribution < 1.29 is 13.9 Å². The second-order valence-electron chi connectivity index (χ2n) is 6.03. The number of aromatic nitrogens is 2. The van der Waals surface area contributed by atoms with Gasteiger partial charge in [-0.2, -0.15) is 5.10 Å².